The predicted molar refractivity (Wildman–Crippen MR) is 156 cm³/mol. The topological polar surface area (TPSA) is 118 Å². The maximum atomic E-state index is 13.7. The molecule has 1 aliphatic heterocycles. The minimum atomic E-state index is -0.709. The molecule has 0 spiro atoms. The maximum absolute atomic E-state index is 13.7. The van der Waals surface area contributed by atoms with E-state index in [4.69, 9.17) is 18.9 Å². The average Bonchev–Trinajstić information content (AvgIpc) is 3.44. The fourth-order valence-corrected chi connectivity index (χ4v) is 6.20. The van der Waals surface area contributed by atoms with E-state index in [1.54, 1.807) is 19.1 Å². The SMILES string of the molecule is C=C[C@@]1(C)CCC=C(C[C@H](C)OC(=O)c2cc3c(c4c2c(N([O-])O)cc2c(OC)cccc24)OCO3)[C@@H]1C(=C)C=O. The number of carbonyl (C=O) groups is 2. The molecule has 9 nitrogen and oxygen atoms in total. The summed E-state index contributed by atoms with van der Waals surface area (Å²) in [5.41, 5.74) is 0.910. The molecule has 1 N–H and O–H groups in total. The van der Waals surface area contributed by atoms with Crippen molar-refractivity contribution in [2.45, 2.75) is 39.2 Å². The van der Waals surface area contributed by atoms with Crippen molar-refractivity contribution in [1.29, 1.82) is 0 Å². The number of aldehydes is 1. The zero-order valence-electron chi connectivity index (χ0n) is 23.3. The highest BCUT2D eigenvalue weighted by Gasteiger charge is 2.38. The lowest BCUT2D eigenvalue weighted by atomic mass is 9.64. The third-order valence-corrected chi connectivity index (χ3v) is 8.12. The summed E-state index contributed by atoms with van der Waals surface area (Å²) in [4.78, 5) is 25.5. The highest BCUT2D eigenvalue weighted by Crippen LogP contribution is 2.50. The Morgan fingerprint density at radius 2 is 2.07 bits per heavy atom. The molecule has 41 heavy (non-hydrogen) atoms. The van der Waals surface area contributed by atoms with Gasteiger partial charge in [-0.15, -0.1) is 6.58 Å². The van der Waals surface area contributed by atoms with Crippen LogP contribution in [0.2, 0.25) is 0 Å². The summed E-state index contributed by atoms with van der Waals surface area (Å²) < 4.78 is 22.8. The fraction of sp³-hybridized carbons (Fsp3) is 0.312. The van der Waals surface area contributed by atoms with Crippen molar-refractivity contribution in [3.8, 4) is 17.2 Å². The highest BCUT2D eigenvalue weighted by atomic mass is 16.8. The first-order valence-electron chi connectivity index (χ1n) is 13.3. The first-order chi connectivity index (χ1) is 19.6. The molecule has 1 heterocycles. The van der Waals surface area contributed by atoms with Crippen LogP contribution in [0.3, 0.4) is 0 Å². The number of fused-ring (bicyclic) bond motifs is 5. The number of ether oxygens (including phenoxy) is 4. The summed E-state index contributed by atoms with van der Waals surface area (Å²) in [6, 6.07) is 8.24. The van der Waals surface area contributed by atoms with Gasteiger partial charge >= 0.3 is 5.97 Å². The van der Waals surface area contributed by atoms with Gasteiger partial charge in [0.05, 0.1) is 18.4 Å². The molecular weight excluding hydrogens is 526 g/mol. The van der Waals surface area contributed by atoms with Crippen LogP contribution in [0.5, 0.6) is 17.2 Å². The monoisotopic (exact) mass is 558 g/mol. The van der Waals surface area contributed by atoms with E-state index in [2.05, 4.69) is 19.2 Å². The van der Waals surface area contributed by atoms with Gasteiger partial charge in [0.2, 0.25) is 6.79 Å². The molecule has 0 saturated carbocycles. The van der Waals surface area contributed by atoms with Gasteiger partial charge in [-0.2, -0.15) is 0 Å². The number of methoxy groups -OCH3 is 1. The molecule has 0 saturated heterocycles. The number of esters is 1. The van der Waals surface area contributed by atoms with Crippen LogP contribution < -0.4 is 19.4 Å². The molecule has 3 aromatic carbocycles. The maximum Gasteiger partial charge on any atom is 0.339 e. The number of hydrogen-bond acceptors (Lipinski definition) is 9. The van der Waals surface area contributed by atoms with E-state index in [1.807, 2.05) is 19.1 Å². The summed E-state index contributed by atoms with van der Waals surface area (Å²) >= 11 is 0. The summed E-state index contributed by atoms with van der Waals surface area (Å²) in [5.74, 6) is 0.168. The second-order valence-electron chi connectivity index (χ2n) is 10.7. The van der Waals surface area contributed by atoms with Gasteiger partial charge in [-0.1, -0.05) is 43.4 Å². The molecule has 0 aromatic heterocycles. The van der Waals surface area contributed by atoms with E-state index < -0.39 is 12.1 Å². The Kier molecular flexibility index (Phi) is 7.50. The zero-order chi connectivity index (χ0) is 29.5. The van der Waals surface area contributed by atoms with Crippen molar-refractivity contribution < 1.29 is 33.7 Å². The van der Waals surface area contributed by atoms with Crippen molar-refractivity contribution in [2.75, 3.05) is 19.1 Å². The van der Waals surface area contributed by atoms with Crippen LogP contribution in [-0.4, -0.2) is 37.5 Å². The van der Waals surface area contributed by atoms with E-state index in [1.165, 1.54) is 19.2 Å². The quantitative estimate of drug-likeness (QED) is 0.0770. The van der Waals surface area contributed by atoms with E-state index in [0.29, 0.717) is 45.4 Å². The summed E-state index contributed by atoms with van der Waals surface area (Å²) in [6.45, 7) is 11.7. The van der Waals surface area contributed by atoms with E-state index in [9.17, 15) is 20.0 Å². The minimum Gasteiger partial charge on any atom is -0.733 e. The molecule has 0 amide bonds. The fourth-order valence-electron chi connectivity index (χ4n) is 6.20. The van der Waals surface area contributed by atoms with Gasteiger partial charge in [-0.05, 0) is 54.3 Å². The Morgan fingerprint density at radius 1 is 1.29 bits per heavy atom. The Labute approximate surface area is 237 Å². The number of hydrogen-bond donors (Lipinski definition) is 1. The van der Waals surface area contributed by atoms with Crippen molar-refractivity contribution in [2.24, 2.45) is 11.3 Å². The van der Waals surface area contributed by atoms with E-state index in [0.717, 1.165) is 24.7 Å². The number of allylic oxidation sites excluding steroid dienone is 3. The number of benzene rings is 3. The Balaban J connectivity index is 1.57. The van der Waals surface area contributed by atoms with Gasteiger partial charge in [0.25, 0.3) is 0 Å². The number of nitrogens with zero attached hydrogens (tertiary/aromatic N) is 1. The van der Waals surface area contributed by atoms with Crippen LogP contribution in [0.25, 0.3) is 21.5 Å². The van der Waals surface area contributed by atoms with Crippen LogP contribution in [-0.2, 0) is 9.53 Å². The van der Waals surface area contributed by atoms with Gasteiger partial charge < -0.3 is 29.4 Å². The van der Waals surface area contributed by atoms with E-state index >= 15 is 0 Å². The first kappa shape index (κ1) is 28.2. The number of anilines is 1. The molecule has 3 aromatic rings. The largest absolute Gasteiger partial charge is 0.733 e. The zero-order valence-corrected chi connectivity index (χ0v) is 23.3. The van der Waals surface area contributed by atoms with Gasteiger partial charge in [0.1, 0.15) is 18.1 Å². The Morgan fingerprint density at radius 3 is 2.76 bits per heavy atom. The number of carbonyl (C=O) groups excluding carboxylic acids is 2. The molecular formula is C32H32NO8-. The molecule has 214 valence electrons. The molecule has 0 fully saturated rings. The number of rotatable bonds is 9. The van der Waals surface area contributed by atoms with Gasteiger partial charge in [-0.3, -0.25) is 10.0 Å². The van der Waals surface area contributed by atoms with Gasteiger partial charge in [0, 0.05) is 28.5 Å². The lowest BCUT2D eigenvalue weighted by Crippen LogP contribution is -2.33. The molecule has 0 radical (unpaired) electrons. The second kappa shape index (κ2) is 10.9. The molecule has 5 rings (SSSR count). The molecule has 1 aliphatic carbocycles. The molecule has 3 atom stereocenters. The predicted octanol–water partition coefficient (Wildman–Crippen LogP) is 6.64. The smallest absolute Gasteiger partial charge is 0.339 e. The lowest BCUT2D eigenvalue weighted by Gasteiger charge is -2.40. The molecule has 0 bridgehead atoms. The Bertz CT molecular complexity index is 1610. The molecule has 0 unspecified atom stereocenters. The second-order valence-corrected chi connectivity index (χ2v) is 10.7. The normalized spacial score (nSPS) is 20.3. The van der Waals surface area contributed by atoms with Crippen molar-refractivity contribution in [1.82, 2.24) is 0 Å². The van der Waals surface area contributed by atoms with E-state index in [-0.39, 0.29) is 40.0 Å². The van der Waals surface area contributed by atoms with Crippen LogP contribution in [0.15, 0.2) is 66.8 Å². The van der Waals surface area contributed by atoms with Crippen LogP contribution in [0.1, 0.15) is 43.5 Å². The van der Waals surface area contributed by atoms with Crippen molar-refractivity contribution in [3.05, 3.63) is 77.6 Å². The molecule has 2 aliphatic rings. The van der Waals surface area contributed by atoms with Crippen LogP contribution in [0.4, 0.5) is 5.69 Å². The van der Waals surface area contributed by atoms with Gasteiger partial charge in [0.15, 0.2) is 11.5 Å². The summed E-state index contributed by atoms with van der Waals surface area (Å²) in [7, 11) is 1.50. The van der Waals surface area contributed by atoms with Gasteiger partial charge in [-0.25, -0.2) is 4.79 Å². The lowest BCUT2D eigenvalue weighted by molar-refractivity contribution is -0.105. The third kappa shape index (κ3) is 4.81. The highest BCUT2D eigenvalue weighted by molar-refractivity contribution is 6.23. The molecule has 9 heteroatoms. The third-order valence-electron chi connectivity index (χ3n) is 8.12. The minimum absolute atomic E-state index is 0.0353. The van der Waals surface area contributed by atoms with Crippen molar-refractivity contribution in [3.63, 3.8) is 0 Å². The standard InChI is InChI=1S/C32H32NO8/c1-6-32(4)12-8-9-20(29(32)18(2)16-34)13-19(3)41-31(35)23-15-26-30(40-17-39-26)28-21-10-7-11-25(38-5)22(21)14-24(27(23)28)33(36)37/h6-7,9-11,14-16,19,29,36H,1-2,8,12-13,17H2,3-5H3/q-1/t19-,29-,32-/m0/s1. The van der Waals surface area contributed by atoms with Crippen LogP contribution >= 0.6 is 0 Å². The summed E-state index contributed by atoms with van der Waals surface area (Å²) in [6.07, 6.45) is 6.10. The van der Waals surface area contributed by atoms with Crippen LogP contribution in [0, 0.1) is 16.5 Å². The first-order valence-corrected chi connectivity index (χ1v) is 13.3. The Hall–Kier alpha value is -4.34. The summed E-state index contributed by atoms with van der Waals surface area (Å²) in [5, 5.41) is 24.0. The van der Waals surface area contributed by atoms with Crippen molar-refractivity contribution >= 4 is 39.5 Å². The average molecular weight is 559 g/mol.